The Bertz CT molecular complexity index is 557. The van der Waals surface area contributed by atoms with Gasteiger partial charge in [-0.3, -0.25) is 4.79 Å². The predicted octanol–water partition coefficient (Wildman–Crippen LogP) is 0.869. The van der Waals surface area contributed by atoms with Crippen LogP contribution in [0.2, 0.25) is 0 Å². The highest BCUT2D eigenvalue weighted by Crippen LogP contribution is 2.07. The SMILES string of the molecule is CNc1nc(C)cc(C(=O)Nc2cncnc2)n1. The van der Waals surface area contributed by atoms with Crippen molar-refractivity contribution in [1.29, 1.82) is 0 Å². The summed E-state index contributed by atoms with van der Waals surface area (Å²) in [6.07, 6.45) is 4.42. The third-order valence-corrected chi connectivity index (χ3v) is 2.13. The van der Waals surface area contributed by atoms with Crippen LogP contribution in [0.3, 0.4) is 0 Å². The molecule has 0 spiro atoms. The van der Waals surface area contributed by atoms with Crippen molar-refractivity contribution in [2.45, 2.75) is 6.92 Å². The molecule has 1 amide bonds. The van der Waals surface area contributed by atoms with E-state index in [0.29, 0.717) is 17.3 Å². The molecule has 7 heteroatoms. The van der Waals surface area contributed by atoms with Gasteiger partial charge in [-0.2, -0.15) is 0 Å². The van der Waals surface area contributed by atoms with Crippen LogP contribution in [0.5, 0.6) is 0 Å². The molecule has 0 saturated heterocycles. The Morgan fingerprint density at radius 1 is 1.22 bits per heavy atom. The van der Waals surface area contributed by atoms with E-state index in [0.717, 1.165) is 0 Å². The monoisotopic (exact) mass is 244 g/mol. The summed E-state index contributed by atoms with van der Waals surface area (Å²) in [7, 11) is 1.70. The molecular weight excluding hydrogens is 232 g/mol. The molecule has 18 heavy (non-hydrogen) atoms. The van der Waals surface area contributed by atoms with Crippen LogP contribution in [0, 0.1) is 6.92 Å². The maximum absolute atomic E-state index is 11.9. The Balaban J connectivity index is 2.21. The maximum Gasteiger partial charge on any atom is 0.274 e. The van der Waals surface area contributed by atoms with Gasteiger partial charge in [0, 0.05) is 12.7 Å². The lowest BCUT2D eigenvalue weighted by molar-refractivity contribution is 0.102. The topological polar surface area (TPSA) is 92.7 Å². The first-order valence-electron chi connectivity index (χ1n) is 5.29. The van der Waals surface area contributed by atoms with Crippen molar-refractivity contribution in [2.75, 3.05) is 17.7 Å². The van der Waals surface area contributed by atoms with Gasteiger partial charge < -0.3 is 10.6 Å². The number of carbonyl (C=O) groups excluding carboxylic acids is 1. The van der Waals surface area contributed by atoms with Crippen molar-refractivity contribution >= 4 is 17.5 Å². The van der Waals surface area contributed by atoms with Crippen molar-refractivity contribution in [2.24, 2.45) is 0 Å². The Morgan fingerprint density at radius 3 is 2.61 bits per heavy atom. The second kappa shape index (κ2) is 5.17. The highest BCUT2D eigenvalue weighted by atomic mass is 16.1. The van der Waals surface area contributed by atoms with Crippen molar-refractivity contribution in [3.8, 4) is 0 Å². The normalized spacial score (nSPS) is 9.89. The van der Waals surface area contributed by atoms with E-state index in [-0.39, 0.29) is 11.6 Å². The second-order valence-corrected chi connectivity index (χ2v) is 3.55. The van der Waals surface area contributed by atoms with E-state index in [1.54, 1.807) is 20.0 Å². The summed E-state index contributed by atoms with van der Waals surface area (Å²) in [5.74, 6) is 0.0799. The molecular formula is C11H12N6O. The zero-order valence-electron chi connectivity index (χ0n) is 10.0. The molecule has 0 aliphatic carbocycles. The Labute approximate surface area is 104 Å². The zero-order valence-corrected chi connectivity index (χ0v) is 10.0. The van der Waals surface area contributed by atoms with Crippen molar-refractivity contribution < 1.29 is 4.79 Å². The smallest absolute Gasteiger partial charge is 0.274 e. The van der Waals surface area contributed by atoms with Crippen LogP contribution < -0.4 is 10.6 Å². The molecule has 2 heterocycles. The van der Waals surface area contributed by atoms with Gasteiger partial charge in [-0.05, 0) is 13.0 Å². The van der Waals surface area contributed by atoms with E-state index in [1.165, 1.54) is 18.7 Å². The molecule has 0 aliphatic heterocycles. The summed E-state index contributed by atoms with van der Waals surface area (Å²) in [4.78, 5) is 27.8. The lowest BCUT2D eigenvalue weighted by atomic mass is 10.3. The van der Waals surface area contributed by atoms with Gasteiger partial charge in [0.15, 0.2) is 0 Å². The van der Waals surface area contributed by atoms with E-state index in [4.69, 9.17) is 0 Å². The van der Waals surface area contributed by atoms with E-state index < -0.39 is 0 Å². The Morgan fingerprint density at radius 2 is 1.94 bits per heavy atom. The first kappa shape index (κ1) is 11.9. The van der Waals surface area contributed by atoms with Gasteiger partial charge in [0.1, 0.15) is 12.0 Å². The third-order valence-electron chi connectivity index (χ3n) is 2.13. The molecule has 0 saturated carbocycles. The van der Waals surface area contributed by atoms with E-state index in [2.05, 4.69) is 30.6 Å². The Hall–Kier alpha value is -2.57. The van der Waals surface area contributed by atoms with E-state index in [9.17, 15) is 4.79 Å². The van der Waals surface area contributed by atoms with Crippen molar-refractivity contribution in [3.63, 3.8) is 0 Å². The molecule has 2 aromatic rings. The zero-order chi connectivity index (χ0) is 13.0. The number of rotatable bonds is 3. The van der Waals surface area contributed by atoms with Gasteiger partial charge in [0.05, 0.1) is 18.1 Å². The first-order valence-corrected chi connectivity index (χ1v) is 5.29. The lowest BCUT2D eigenvalue weighted by Crippen LogP contribution is -2.15. The molecule has 2 N–H and O–H groups in total. The van der Waals surface area contributed by atoms with Gasteiger partial charge >= 0.3 is 0 Å². The number of anilines is 2. The molecule has 0 fully saturated rings. The number of aromatic nitrogens is 4. The molecule has 0 aromatic carbocycles. The summed E-state index contributed by atoms with van der Waals surface area (Å²) >= 11 is 0. The first-order chi connectivity index (χ1) is 8.69. The summed E-state index contributed by atoms with van der Waals surface area (Å²) in [6.45, 7) is 1.80. The van der Waals surface area contributed by atoms with Crippen LogP contribution in [0.4, 0.5) is 11.6 Å². The number of amides is 1. The summed E-state index contributed by atoms with van der Waals surface area (Å²) in [5.41, 5.74) is 1.52. The third kappa shape index (κ3) is 2.76. The molecule has 2 aromatic heterocycles. The van der Waals surface area contributed by atoms with Crippen LogP contribution in [-0.2, 0) is 0 Å². The van der Waals surface area contributed by atoms with Gasteiger partial charge in [-0.15, -0.1) is 0 Å². The van der Waals surface area contributed by atoms with Gasteiger partial charge in [0.2, 0.25) is 5.95 Å². The lowest BCUT2D eigenvalue weighted by Gasteiger charge is -2.06. The Kier molecular flexibility index (Phi) is 3.42. The van der Waals surface area contributed by atoms with Gasteiger partial charge in [-0.25, -0.2) is 19.9 Å². The molecule has 0 bridgehead atoms. The summed E-state index contributed by atoms with van der Waals surface area (Å²) in [6, 6.07) is 1.61. The minimum atomic E-state index is -0.327. The standard InChI is InChI=1S/C11H12N6O/c1-7-3-9(17-11(12-2)15-7)10(18)16-8-4-13-6-14-5-8/h3-6H,1-2H3,(H,16,18)(H,12,15,17). The second-order valence-electron chi connectivity index (χ2n) is 3.55. The minimum absolute atomic E-state index is 0.288. The van der Waals surface area contributed by atoms with E-state index in [1.807, 2.05) is 0 Å². The molecule has 0 radical (unpaired) electrons. The molecule has 7 nitrogen and oxygen atoms in total. The number of hydrogen-bond acceptors (Lipinski definition) is 6. The largest absolute Gasteiger partial charge is 0.357 e. The predicted molar refractivity (Wildman–Crippen MR) is 66.3 cm³/mol. The quantitative estimate of drug-likeness (QED) is 0.832. The average molecular weight is 244 g/mol. The molecule has 92 valence electrons. The summed E-state index contributed by atoms with van der Waals surface area (Å²) in [5, 5.41) is 5.45. The summed E-state index contributed by atoms with van der Waals surface area (Å²) < 4.78 is 0. The minimum Gasteiger partial charge on any atom is -0.357 e. The van der Waals surface area contributed by atoms with Gasteiger partial charge in [0.25, 0.3) is 5.91 Å². The van der Waals surface area contributed by atoms with Gasteiger partial charge in [-0.1, -0.05) is 0 Å². The molecule has 0 unspecified atom stereocenters. The van der Waals surface area contributed by atoms with Crippen LogP contribution in [-0.4, -0.2) is 32.9 Å². The molecule has 2 rings (SSSR count). The number of hydrogen-bond donors (Lipinski definition) is 2. The fraction of sp³-hybridized carbons (Fsp3) is 0.182. The van der Waals surface area contributed by atoms with Crippen molar-refractivity contribution in [3.05, 3.63) is 36.2 Å². The molecule has 0 atom stereocenters. The highest BCUT2D eigenvalue weighted by Gasteiger charge is 2.10. The van der Waals surface area contributed by atoms with Crippen LogP contribution in [0.1, 0.15) is 16.2 Å². The number of carbonyl (C=O) groups is 1. The van der Waals surface area contributed by atoms with Crippen LogP contribution in [0.15, 0.2) is 24.8 Å². The maximum atomic E-state index is 11.9. The number of aryl methyl sites for hydroxylation is 1. The highest BCUT2D eigenvalue weighted by molar-refractivity contribution is 6.02. The fourth-order valence-electron chi connectivity index (χ4n) is 1.36. The molecule has 0 aliphatic rings. The van der Waals surface area contributed by atoms with E-state index >= 15 is 0 Å². The number of nitrogens with one attached hydrogen (secondary N) is 2. The average Bonchev–Trinajstić information content (AvgIpc) is 2.39. The van der Waals surface area contributed by atoms with Crippen LogP contribution in [0.25, 0.3) is 0 Å². The number of nitrogens with zero attached hydrogens (tertiary/aromatic N) is 4. The van der Waals surface area contributed by atoms with Crippen LogP contribution >= 0.6 is 0 Å². The van der Waals surface area contributed by atoms with Crippen molar-refractivity contribution in [1.82, 2.24) is 19.9 Å². The fourth-order valence-corrected chi connectivity index (χ4v) is 1.36.